The number of amides is 1. The lowest BCUT2D eigenvalue weighted by molar-refractivity contribution is -0.387. The monoisotopic (exact) mass is 609 g/mol. The van der Waals surface area contributed by atoms with Crippen LogP contribution in [-0.4, -0.2) is 50.8 Å². The second-order valence-corrected chi connectivity index (χ2v) is 11.0. The van der Waals surface area contributed by atoms with Crippen molar-refractivity contribution >= 4 is 33.5 Å². The summed E-state index contributed by atoms with van der Waals surface area (Å²) in [6.07, 6.45) is 1.35. The fraction of sp³-hybridized carbons (Fsp3) is 0.172. The first kappa shape index (κ1) is 30.7. The van der Waals surface area contributed by atoms with Gasteiger partial charge in [0.25, 0.3) is 21.6 Å². The topological polar surface area (TPSA) is 145 Å². The molecule has 4 rings (SSSR count). The number of ether oxygens (including phenoxy) is 2. The number of anilines is 1. The molecule has 1 N–H and O–H groups in total. The van der Waals surface area contributed by atoms with E-state index < -0.39 is 43.8 Å². The molecule has 1 aromatic heterocycles. The van der Waals surface area contributed by atoms with Gasteiger partial charge in [0, 0.05) is 29.1 Å². The maximum absolute atomic E-state index is 14.4. The normalized spacial score (nSPS) is 11.4. The van der Waals surface area contributed by atoms with Crippen LogP contribution in [0.15, 0.2) is 82.8 Å². The average molecular weight is 610 g/mol. The highest BCUT2D eigenvalue weighted by atomic mass is 32.2. The minimum absolute atomic E-state index is 0.0402. The number of nitrogens with one attached hydrogen (secondary N) is 1. The van der Waals surface area contributed by atoms with Gasteiger partial charge in [-0.3, -0.25) is 19.2 Å². The smallest absolute Gasteiger partial charge is 0.289 e. The largest absolute Gasteiger partial charge is 0.497 e. The van der Waals surface area contributed by atoms with Crippen LogP contribution in [-0.2, 0) is 14.8 Å². The number of carbonyl (C=O) groups excluding carboxylic acids is 1. The summed E-state index contributed by atoms with van der Waals surface area (Å²) in [5.41, 5.74) is 3.90. The van der Waals surface area contributed by atoms with Crippen LogP contribution in [0.1, 0.15) is 17.0 Å². The van der Waals surface area contributed by atoms with Crippen molar-refractivity contribution in [2.24, 2.45) is 5.10 Å². The molecule has 1 heterocycles. The highest BCUT2D eigenvalue weighted by Gasteiger charge is 2.34. The third kappa shape index (κ3) is 6.33. The van der Waals surface area contributed by atoms with E-state index in [9.17, 15) is 27.7 Å². The molecule has 0 saturated heterocycles. The SMILES string of the molecule is COc1ccc(N(CC(=O)N/N=C/c2cc(C)n(-c3ccccc3F)c2C)S(=O)(=O)c2ccccc2[N+](=O)[O-])c(OC)c1. The Kier molecular flexibility index (Phi) is 9.09. The summed E-state index contributed by atoms with van der Waals surface area (Å²) in [6, 6.07) is 17.1. The third-order valence-corrected chi connectivity index (χ3v) is 8.34. The molecule has 0 radical (unpaired) electrons. The number of nitro benzene ring substituents is 1. The first-order valence-corrected chi connectivity index (χ1v) is 14.2. The molecule has 12 nitrogen and oxygen atoms in total. The number of hydrazone groups is 1. The molecule has 43 heavy (non-hydrogen) atoms. The molecule has 0 aliphatic carbocycles. The summed E-state index contributed by atoms with van der Waals surface area (Å²) in [4.78, 5) is 23.3. The number of nitrogens with zero attached hydrogens (tertiary/aromatic N) is 4. The lowest BCUT2D eigenvalue weighted by Gasteiger charge is -2.25. The maximum Gasteiger partial charge on any atom is 0.289 e. The summed E-state index contributed by atoms with van der Waals surface area (Å²) >= 11 is 0. The molecule has 1 amide bonds. The lowest BCUT2D eigenvalue weighted by Crippen LogP contribution is -2.40. The van der Waals surface area contributed by atoms with Crippen molar-refractivity contribution in [1.82, 2.24) is 9.99 Å². The van der Waals surface area contributed by atoms with Crippen molar-refractivity contribution in [3.63, 3.8) is 0 Å². The van der Waals surface area contributed by atoms with Gasteiger partial charge < -0.3 is 14.0 Å². The molecule has 14 heteroatoms. The molecule has 3 aromatic carbocycles. The van der Waals surface area contributed by atoms with Crippen LogP contribution in [0.5, 0.6) is 11.5 Å². The number of nitro groups is 1. The molecule has 0 unspecified atom stereocenters. The Hall–Kier alpha value is -5.24. The standard InChI is InChI=1S/C29H28FN5O7S/c1-19-15-21(20(2)34(19)24-10-6-5-9-23(24)30)17-31-32-29(36)18-33(25-14-13-22(41-3)16-27(25)42-4)43(39,40)28-12-8-7-11-26(28)35(37)38/h5-17H,18H2,1-4H3,(H,32,36)/b31-17+. The fourth-order valence-electron chi connectivity index (χ4n) is 4.50. The van der Waals surface area contributed by atoms with Crippen LogP contribution in [0.25, 0.3) is 5.69 Å². The molecule has 0 bridgehead atoms. The van der Waals surface area contributed by atoms with Gasteiger partial charge in [-0.15, -0.1) is 0 Å². The van der Waals surface area contributed by atoms with Gasteiger partial charge >= 0.3 is 0 Å². The van der Waals surface area contributed by atoms with Crippen LogP contribution in [0.3, 0.4) is 0 Å². The van der Waals surface area contributed by atoms with Gasteiger partial charge in [0.1, 0.15) is 23.9 Å². The van der Waals surface area contributed by atoms with Crippen molar-refractivity contribution in [2.75, 3.05) is 25.1 Å². The van der Waals surface area contributed by atoms with Crippen LogP contribution >= 0.6 is 0 Å². The number of rotatable bonds is 11. The van der Waals surface area contributed by atoms with E-state index in [0.29, 0.717) is 27.0 Å². The predicted molar refractivity (Wildman–Crippen MR) is 158 cm³/mol. The van der Waals surface area contributed by atoms with Gasteiger partial charge in [0.05, 0.1) is 36.7 Å². The van der Waals surface area contributed by atoms with Crippen molar-refractivity contribution in [1.29, 1.82) is 0 Å². The molecule has 0 aliphatic heterocycles. The Bertz CT molecular complexity index is 1820. The molecule has 0 saturated carbocycles. The lowest BCUT2D eigenvalue weighted by atomic mass is 10.2. The molecule has 0 atom stereocenters. The van der Waals surface area contributed by atoms with E-state index in [-0.39, 0.29) is 11.4 Å². The zero-order valence-corrected chi connectivity index (χ0v) is 24.5. The van der Waals surface area contributed by atoms with Crippen molar-refractivity contribution < 1.29 is 32.0 Å². The van der Waals surface area contributed by atoms with Gasteiger partial charge in [-0.25, -0.2) is 18.2 Å². The summed E-state index contributed by atoms with van der Waals surface area (Å²) in [6.45, 7) is 2.76. The summed E-state index contributed by atoms with van der Waals surface area (Å²) in [7, 11) is -1.96. The van der Waals surface area contributed by atoms with E-state index in [4.69, 9.17) is 9.47 Å². The first-order chi connectivity index (χ1) is 20.5. The molecular weight excluding hydrogens is 581 g/mol. The van der Waals surface area contributed by atoms with E-state index in [2.05, 4.69) is 10.5 Å². The number of benzene rings is 3. The van der Waals surface area contributed by atoms with E-state index in [1.54, 1.807) is 42.7 Å². The Morgan fingerprint density at radius 1 is 1.07 bits per heavy atom. The second kappa shape index (κ2) is 12.7. The molecular formula is C29H28FN5O7S. The number of halogens is 1. The second-order valence-electron chi connectivity index (χ2n) is 9.18. The average Bonchev–Trinajstić information content (AvgIpc) is 3.27. The number of methoxy groups -OCH3 is 2. The van der Waals surface area contributed by atoms with Crippen molar-refractivity contribution in [3.8, 4) is 17.2 Å². The van der Waals surface area contributed by atoms with Crippen LogP contribution in [0.2, 0.25) is 0 Å². The highest BCUT2D eigenvalue weighted by Crippen LogP contribution is 2.37. The van der Waals surface area contributed by atoms with E-state index in [1.165, 1.54) is 56.8 Å². The maximum atomic E-state index is 14.4. The number of hydrogen-bond donors (Lipinski definition) is 1. The van der Waals surface area contributed by atoms with Gasteiger partial charge in [0.2, 0.25) is 0 Å². The minimum Gasteiger partial charge on any atom is -0.497 e. The summed E-state index contributed by atoms with van der Waals surface area (Å²) in [5, 5.41) is 15.6. The molecule has 0 spiro atoms. The molecule has 0 fully saturated rings. The molecule has 224 valence electrons. The van der Waals surface area contributed by atoms with Crippen molar-refractivity contribution in [2.45, 2.75) is 18.7 Å². The number of aromatic nitrogens is 1. The Balaban J connectivity index is 1.66. The van der Waals surface area contributed by atoms with Gasteiger partial charge in [-0.1, -0.05) is 24.3 Å². The van der Waals surface area contributed by atoms with Gasteiger partial charge in [0.15, 0.2) is 4.90 Å². The predicted octanol–water partition coefficient (Wildman–Crippen LogP) is 4.50. The summed E-state index contributed by atoms with van der Waals surface area (Å²) in [5.74, 6) is -0.863. The number of aryl methyl sites for hydroxylation is 1. The Labute approximate surface area is 247 Å². The Morgan fingerprint density at radius 2 is 1.77 bits per heavy atom. The Morgan fingerprint density at radius 3 is 2.44 bits per heavy atom. The van der Waals surface area contributed by atoms with Crippen LogP contribution in [0, 0.1) is 29.8 Å². The third-order valence-electron chi connectivity index (χ3n) is 6.53. The zero-order chi connectivity index (χ0) is 31.3. The first-order valence-electron chi connectivity index (χ1n) is 12.7. The zero-order valence-electron chi connectivity index (χ0n) is 23.6. The molecule has 4 aromatic rings. The number of carbonyl (C=O) groups is 1. The summed E-state index contributed by atoms with van der Waals surface area (Å²) < 4.78 is 55.1. The highest BCUT2D eigenvalue weighted by molar-refractivity contribution is 7.93. The van der Waals surface area contributed by atoms with Crippen molar-refractivity contribution in [3.05, 3.63) is 106 Å². The van der Waals surface area contributed by atoms with E-state index in [1.807, 2.05) is 0 Å². The van der Waals surface area contributed by atoms with Crippen LogP contribution < -0.4 is 19.2 Å². The molecule has 0 aliphatic rings. The number of sulfonamides is 1. The number of hydrogen-bond acceptors (Lipinski definition) is 8. The van der Waals surface area contributed by atoms with E-state index >= 15 is 0 Å². The van der Waals surface area contributed by atoms with Crippen LogP contribution in [0.4, 0.5) is 15.8 Å². The number of para-hydroxylation sites is 2. The van der Waals surface area contributed by atoms with E-state index in [0.717, 1.165) is 17.8 Å². The quantitative estimate of drug-likeness (QED) is 0.150. The minimum atomic E-state index is -4.68. The fourth-order valence-corrected chi connectivity index (χ4v) is 6.09. The van der Waals surface area contributed by atoms with Gasteiger partial charge in [-0.2, -0.15) is 5.10 Å². The van der Waals surface area contributed by atoms with Gasteiger partial charge in [-0.05, 0) is 50.2 Å².